The van der Waals surface area contributed by atoms with Gasteiger partial charge in [0, 0.05) is 17.1 Å². The summed E-state index contributed by atoms with van der Waals surface area (Å²) in [7, 11) is 0. The number of ether oxygens (including phenoxy) is 1. The Hall–Kier alpha value is -2.96. The van der Waals surface area contributed by atoms with Crippen LogP contribution in [0.25, 0.3) is 0 Å². The lowest BCUT2D eigenvalue weighted by Crippen LogP contribution is -2.38. The molecule has 152 valence electrons. The van der Waals surface area contributed by atoms with Gasteiger partial charge in [0.25, 0.3) is 0 Å². The number of benzene rings is 2. The number of phenolic OH excluding ortho intramolecular Hbond substituents is 1. The Kier molecular flexibility index (Phi) is 7.55. The van der Waals surface area contributed by atoms with Crippen LogP contribution in [-0.2, 0) is 17.9 Å². The summed E-state index contributed by atoms with van der Waals surface area (Å²) in [6, 6.07) is 17.8. The molecule has 0 aliphatic rings. The van der Waals surface area contributed by atoms with Crippen LogP contribution in [-0.4, -0.2) is 35.6 Å². The highest BCUT2D eigenvalue weighted by Gasteiger charge is 2.15. The molecule has 0 atom stereocenters. The Morgan fingerprint density at radius 3 is 2.59 bits per heavy atom. The van der Waals surface area contributed by atoms with E-state index < -0.39 is 0 Å². The molecule has 2 aromatic carbocycles. The van der Waals surface area contributed by atoms with Crippen molar-refractivity contribution in [2.45, 2.75) is 13.1 Å². The van der Waals surface area contributed by atoms with Gasteiger partial charge in [-0.15, -0.1) is 0 Å². The van der Waals surface area contributed by atoms with Crippen molar-refractivity contribution in [3.8, 4) is 11.5 Å². The molecule has 6 nitrogen and oxygen atoms in total. The summed E-state index contributed by atoms with van der Waals surface area (Å²) in [4.78, 5) is 14.3. The number of phenols is 1. The number of carbonyl (C=O) groups excluding carboxylic acids is 1. The lowest BCUT2D eigenvalue weighted by Gasteiger charge is -2.21. The van der Waals surface area contributed by atoms with E-state index in [4.69, 9.17) is 20.8 Å². The average Bonchev–Trinajstić information content (AvgIpc) is 3.21. The fourth-order valence-electron chi connectivity index (χ4n) is 2.83. The SMILES string of the molecule is O=C(CN(Cc1ccco1)Cc1ccccc1O)NCCOc1ccc(Cl)cc1. The molecule has 7 heteroatoms. The molecule has 0 radical (unpaired) electrons. The van der Waals surface area contributed by atoms with Crippen LogP contribution < -0.4 is 10.1 Å². The van der Waals surface area contributed by atoms with Gasteiger partial charge in [-0.2, -0.15) is 0 Å². The van der Waals surface area contributed by atoms with Crippen molar-refractivity contribution in [3.63, 3.8) is 0 Å². The first-order valence-electron chi connectivity index (χ1n) is 9.27. The van der Waals surface area contributed by atoms with E-state index in [0.29, 0.717) is 37.0 Å². The number of carbonyl (C=O) groups is 1. The molecule has 0 bridgehead atoms. The number of nitrogens with zero attached hydrogens (tertiary/aromatic N) is 1. The number of furan rings is 1. The first kappa shape index (κ1) is 20.8. The highest BCUT2D eigenvalue weighted by molar-refractivity contribution is 6.30. The van der Waals surface area contributed by atoms with Gasteiger partial charge in [0.1, 0.15) is 23.9 Å². The largest absolute Gasteiger partial charge is 0.508 e. The third-order valence-corrected chi connectivity index (χ3v) is 4.47. The Labute approximate surface area is 174 Å². The second-order valence-electron chi connectivity index (χ2n) is 6.51. The zero-order chi connectivity index (χ0) is 20.5. The van der Waals surface area contributed by atoms with Gasteiger partial charge in [0.15, 0.2) is 0 Å². The predicted molar refractivity (Wildman–Crippen MR) is 111 cm³/mol. The van der Waals surface area contributed by atoms with Crippen molar-refractivity contribution in [2.24, 2.45) is 0 Å². The van der Waals surface area contributed by atoms with Crippen LogP contribution in [0.2, 0.25) is 5.02 Å². The van der Waals surface area contributed by atoms with E-state index in [2.05, 4.69) is 5.32 Å². The molecule has 2 N–H and O–H groups in total. The van der Waals surface area contributed by atoms with Crippen molar-refractivity contribution in [1.29, 1.82) is 0 Å². The minimum Gasteiger partial charge on any atom is -0.508 e. The molecule has 1 aromatic heterocycles. The fraction of sp³-hybridized carbons (Fsp3) is 0.227. The number of hydrogen-bond donors (Lipinski definition) is 2. The first-order chi connectivity index (χ1) is 14.1. The van der Waals surface area contributed by atoms with Crippen LogP contribution in [0.4, 0.5) is 0 Å². The standard InChI is InChI=1S/C22H23ClN2O4/c23-18-7-9-19(10-8-18)29-13-11-24-22(27)16-25(15-20-5-3-12-28-20)14-17-4-1-2-6-21(17)26/h1-10,12,26H,11,13-16H2,(H,24,27). The van der Waals surface area contributed by atoms with Crippen LogP contribution in [0.1, 0.15) is 11.3 Å². The maximum Gasteiger partial charge on any atom is 0.234 e. The highest BCUT2D eigenvalue weighted by atomic mass is 35.5. The number of para-hydroxylation sites is 1. The van der Waals surface area contributed by atoms with Gasteiger partial charge >= 0.3 is 0 Å². The molecule has 0 unspecified atom stereocenters. The van der Waals surface area contributed by atoms with Crippen molar-refractivity contribution in [3.05, 3.63) is 83.3 Å². The van der Waals surface area contributed by atoms with Gasteiger partial charge in [-0.05, 0) is 42.5 Å². The van der Waals surface area contributed by atoms with Crippen molar-refractivity contribution >= 4 is 17.5 Å². The first-order valence-corrected chi connectivity index (χ1v) is 9.64. The second-order valence-corrected chi connectivity index (χ2v) is 6.94. The van der Waals surface area contributed by atoms with E-state index in [9.17, 15) is 9.90 Å². The molecule has 3 rings (SSSR count). The van der Waals surface area contributed by atoms with Crippen LogP contribution in [0.3, 0.4) is 0 Å². The summed E-state index contributed by atoms with van der Waals surface area (Å²) in [5.41, 5.74) is 0.748. The highest BCUT2D eigenvalue weighted by Crippen LogP contribution is 2.19. The molecule has 0 aliphatic carbocycles. The number of aromatic hydroxyl groups is 1. The monoisotopic (exact) mass is 414 g/mol. The lowest BCUT2D eigenvalue weighted by molar-refractivity contribution is -0.122. The molecule has 0 aliphatic heterocycles. The van der Waals surface area contributed by atoms with Gasteiger partial charge in [-0.25, -0.2) is 0 Å². The Balaban J connectivity index is 1.50. The smallest absolute Gasteiger partial charge is 0.234 e. The quantitative estimate of drug-likeness (QED) is 0.493. The van der Waals surface area contributed by atoms with Gasteiger partial charge in [0.2, 0.25) is 5.91 Å². The minimum absolute atomic E-state index is 0.133. The van der Waals surface area contributed by atoms with E-state index in [1.807, 2.05) is 29.2 Å². The van der Waals surface area contributed by atoms with Crippen molar-refractivity contribution in [2.75, 3.05) is 19.7 Å². The third-order valence-electron chi connectivity index (χ3n) is 4.22. The number of amides is 1. The second kappa shape index (κ2) is 10.5. The summed E-state index contributed by atoms with van der Waals surface area (Å²) in [5.74, 6) is 1.52. The molecule has 3 aromatic rings. The van der Waals surface area contributed by atoms with Crippen LogP contribution in [0.5, 0.6) is 11.5 Å². The van der Waals surface area contributed by atoms with Crippen LogP contribution >= 0.6 is 11.6 Å². The molecule has 1 amide bonds. The van der Waals surface area contributed by atoms with Gasteiger partial charge < -0.3 is 19.6 Å². The molecule has 0 spiro atoms. The number of nitrogens with one attached hydrogen (secondary N) is 1. The van der Waals surface area contributed by atoms with Crippen LogP contribution in [0.15, 0.2) is 71.3 Å². The van der Waals surface area contributed by atoms with E-state index in [-0.39, 0.29) is 18.2 Å². The maximum atomic E-state index is 12.4. The number of rotatable bonds is 10. The molecule has 1 heterocycles. The number of hydrogen-bond acceptors (Lipinski definition) is 5. The zero-order valence-electron chi connectivity index (χ0n) is 15.9. The topological polar surface area (TPSA) is 74.9 Å². The Bertz CT molecular complexity index is 897. The molecule has 0 saturated carbocycles. The van der Waals surface area contributed by atoms with Gasteiger partial charge in [-0.1, -0.05) is 29.8 Å². The normalized spacial score (nSPS) is 10.8. The minimum atomic E-state index is -0.133. The Morgan fingerprint density at radius 2 is 1.86 bits per heavy atom. The Morgan fingerprint density at radius 1 is 1.07 bits per heavy atom. The summed E-state index contributed by atoms with van der Waals surface area (Å²) >= 11 is 5.84. The van der Waals surface area contributed by atoms with Gasteiger partial charge in [-0.3, -0.25) is 9.69 Å². The van der Waals surface area contributed by atoms with Crippen LogP contribution in [0, 0.1) is 0 Å². The average molecular weight is 415 g/mol. The summed E-state index contributed by atoms with van der Waals surface area (Å²) in [5, 5.41) is 13.5. The zero-order valence-corrected chi connectivity index (χ0v) is 16.6. The molecule has 29 heavy (non-hydrogen) atoms. The van der Waals surface area contributed by atoms with E-state index in [0.717, 1.165) is 11.3 Å². The van der Waals surface area contributed by atoms with Gasteiger partial charge in [0.05, 0.1) is 25.9 Å². The summed E-state index contributed by atoms with van der Waals surface area (Å²) in [6.45, 7) is 1.77. The van der Waals surface area contributed by atoms with E-state index >= 15 is 0 Å². The van der Waals surface area contributed by atoms with E-state index in [1.165, 1.54) is 0 Å². The van der Waals surface area contributed by atoms with E-state index in [1.54, 1.807) is 42.7 Å². The molecular weight excluding hydrogens is 392 g/mol. The fourth-order valence-corrected chi connectivity index (χ4v) is 2.95. The summed E-state index contributed by atoms with van der Waals surface area (Å²) < 4.78 is 11.0. The van der Waals surface area contributed by atoms with Crippen molar-refractivity contribution in [1.82, 2.24) is 10.2 Å². The number of halogens is 1. The summed E-state index contributed by atoms with van der Waals surface area (Å²) in [6.07, 6.45) is 1.60. The molecule has 0 saturated heterocycles. The molecule has 0 fully saturated rings. The van der Waals surface area contributed by atoms with Crippen molar-refractivity contribution < 1.29 is 19.1 Å². The third kappa shape index (κ3) is 6.85. The lowest BCUT2D eigenvalue weighted by atomic mass is 10.2. The maximum absolute atomic E-state index is 12.4. The predicted octanol–water partition coefficient (Wildman–Crippen LogP) is 3.84. The molecular formula is C22H23ClN2O4.